The van der Waals surface area contributed by atoms with Gasteiger partial charge in [0.15, 0.2) is 0 Å². The summed E-state index contributed by atoms with van der Waals surface area (Å²) in [5.41, 5.74) is 0.291. The molecule has 0 saturated carbocycles. The first kappa shape index (κ1) is 23.8. The van der Waals surface area contributed by atoms with Gasteiger partial charge in [-0.25, -0.2) is 4.79 Å². The summed E-state index contributed by atoms with van der Waals surface area (Å²) in [6.45, 7) is 2.07. The molecule has 0 aliphatic rings. The Kier molecular flexibility index (Phi) is 9.22. The average Bonchev–Trinajstić information content (AvgIpc) is 2.79. The largest absolute Gasteiger partial charge is 1.00 e. The van der Waals surface area contributed by atoms with E-state index in [1.54, 1.807) is 6.92 Å². The number of oxime groups is 1. The lowest BCUT2D eigenvalue weighted by Crippen LogP contribution is -3.00. The van der Waals surface area contributed by atoms with Gasteiger partial charge in [0.25, 0.3) is 0 Å². The summed E-state index contributed by atoms with van der Waals surface area (Å²) in [5.74, 6) is -0.443. The average molecular weight is 486 g/mol. The van der Waals surface area contributed by atoms with Gasteiger partial charge >= 0.3 is 5.97 Å². The van der Waals surface area contributed by atoms with Crippen LogP contribution >= 0.6 is 7.26 Å². The molecule has 0 aromatic heterocycles. The van der Waals surface area contributed by atoms with E-state index < -0.39 is 13.2 Å². The van der Waals surface area contributed by atoms with Crippen LogP contribution in [0.3, 0.4) is 0 Å². The second kappa shape index (κ2) is 11.6. The first-order chi connectivity index (χ1) is 14.2. The fourth-order valence-electron chi connectivity index (χ4n) is 3.45. The smallest absolute Gasteiger partial charge is 0.360 e. The molecule has 30 heavy (non-hydrogen) atoms. The Balaban J connectivity index is 0.00000320. The number of hydrogen-bond donors (Lipinski definition) is 0. The zero-order chi connectivity index (χ0) is 20.5. The standard InChI is InChI=1S/C24H25NO3P.BrH/c1-3-28-24(26)23(25-27-2)19-29(20-13-7-4-8-14-20,21-15-9-5-10-16-21)22-17-11-6-12-18-22;/h4-18H,3,19H2,1-2H3;1H/q+1;/p-1/b25-23-;. The van der Waals surface area contributed by atoms with E-state index in [0.29, 0.717) is 11.9 Å². The number of carbonyl (C=O) groups is 1. The van der Waals surface area contributed by atoms with E-state index in [9.17, 15) is 4.79 Å². The third kappa shape index (κ3) is 5.16. The monoisotopic (exact) mass is 485 g/mol. The molecular weight excluding hydrogens is 461 g/mol. The van der Waals surface area contributed by atoms with Crippen molar-refractivity contribution in [3.63, 3.8) is 0 Å². The van der Waals surface area contributed by atoms with Gasteiger partial charge in [0.1, 0.15) is 36.4 Å². The number of ether oxygens (including phenoxy) is 1. The van der Waals surface area contributed by atoms with Gasteiger partial charge in [0, 0.05) is 0 Å². The summed E-state index contributed by atoms with van der Waals surface area (Å²) >= 11 is 0. The molecule has 0 N–H and O–H groups in total. The molecule has 3 aromatic rings. The highest BCUT2D eigenvalue weighted by Crippen LogP contribution is 2.55. The SMILES string of the molecule is CCOC(=O)/C(C[P+](c1ccccc1)(c1ccccc1)c1ccccc1)=N\OC.[Br-]. The van der Waals surface area contributed by atoms with Crippen LogP contribution in [0.15, 0.2) is 96.2 Å². The molecule has 3 aromatic carbocycles. The minimum atomic E-state index is -2.23. The van der Waals surface area contributed by atoms with Crippen molar-refractivity contribution in [2.45, 2.75) is 6.92 Å². The quantitative estimate of drug-likeness (QED) is 0.202. The fraction of sp³-hybridized carbons (Fsp3) is 0.167. The van der Waals surface area contributed by atoms with E-state index in [-0.39, 0.29) is 23.6 Å². The Morgan fingerprint density at radius 1 is 0.800 bits per heavy atom. The van der Waals surface area contributed by atoms with Crippen molar-refractivity contribution in [2.24, 2.45) is 5.16 Å². The molecule has 0 atom stereocenters. The molecule has 0 bridgehead atoms. The Morgan fingerprint density at radius 2 is 1.20 bits per heavy atom. The number of esters is 1. The third-order valence-electron chi connectivity index (χ3n) is 4.69. The molecule has 0 aliphatic heterocycles. The lowest BCUT2D eigenvalue weighted by atomic mass is 10.3. The van der Waals surface area contributed by atoms with E-state index in [1.807, 2.05) is 54.6 Å². The van der Waals surface area contributed by atoms with E-state index in [2.05, 4.69) is 41.6 Å². The predicted octanol–water partition coefficient (Wildman–Crippen LogP) is 0.550. The molecule has 0 radical (unpaired) electrons. The molecule has 0 aliphatic carbocycles. The Labute approximate surface area is 189 Å². The predicted molar refractivity (Wildman–Crippen MR) is 121 cm³/mol. The van der Waals surface area contributed by atoms with Crippen LogP contribution in [0.2, 0.25) is 0 Å². The number of nitrogens with zero attached hydrogens (tertiary/aromatic N) is 1. The second-order valence-corrected chi connectivity index (χ2v) is 9.90. The van der Waals surface area contributed by atoms with E-state index >= 15 is 0 Å². The third-order valence-corrected chi connectivity index (χ3v) is 9.00. The van der Waals surface area contributed by atoms with Gasteiger partial charge in [-0.15, -0.1) is 0 Å². The summed E-state index contributed by atoms with van der Waals surface area (Å²) in [4.78, 5) is 17.7. The van der Waals surface area contributed by atoms with Crippen LogP contribution in [0.1, 0.15) is 6.92 Å². The Bertz CT molecular complexity index is 853. The minimum absolute atomic E-state index is 0. The van der Waals surface area contributed by atoms with Crippen molar-refractivity contribution in [3.05, 3.63) is 91.0 Å². The van der Waals surface area contributed by atoms with Gasteiger partial charge < -0.3 is 26.6 Å². The van der Waals surface area contributed by atoms with Crippen molar-refractivity contribution in [2.75, 3.05) is 19.9 Å². The molecule has 0 saturated heterocycles. The number of rotatable bonds is 8. The normalized spacial score (nSPS) is 11.3. The number of benzene rings is 3. The first-order valence-corrected chi connectivity index (χ1v) is 11.5. The van der Waals surface area contributed by atoms with Crippen LogP contribution in [-0.4, -0.2) is 31.6 Å². The number of hydrogen-bond acceptors (Lipinski definition) is 4. The molecule has 156 valence electrons. The van der Waals surface area contributed by atoms with Crippen LogP contribution < -0.4 is 32.9 Å². The molecule has 0 fully saturated rings. The van der Waals surface area contributed by atoms with Gasteiger partial charge in [-0.2, -0.15) is 0 Å². The van der Waals surface area contributed by atoms with Crippen LogP contribution in [0.5, 0.6) is 0 Å². The molecule has 0 heterocycles. The molecule has 3 rings (SSSR count). The van der Waals surface area contributed by atoms with Crippen molar-refractivity contribution in [1.82, 2.24) is 0 Å². The topological polar surface area (TPSA) is 47.9 Å². The van der Waals surface area contributed by atoms with Crippen molar-refractivity contribution < 1.29 is 31.4 Å². The van der Waals surface area contributed by atoms with E-state index in [4.69, 9.17) is 9.57 Å². The van der Waals surface area contributed by atoms with Gasteiger partial charge in [-0.3, -0.25) is 0 Å². The summed E-state index contributed by atoms with van der Waals surface area (Å²) in [7, 11) is -0.777. The van der Waals surface area contributed by atoms with Crippen molar-refractivity contribution >= 4 is 34.9 Å². The van der Waals surface area contributed by atoms with Gasteiger partial charge in [-0.05, 0) is 43.3 Å². The Morgan fingerprint density at radius 3 is 1.53 bits per heavy atom. The minimum Gasteiger partial charge on any atom is -1.00 e. The van der Waals surface area contributed by atoms with Crippen LogP contribution in [0, 0.1) is 0 Å². The van der Waals surface area contributed by atoms with E-state index in [1.165, 1.54) is 23.0 Å². The van der Waals surface area contributed by atoms with E-state index in [0.717, 1.165) is 0 Å². The lowest BCUT2D eigenvalue weighted by Gasteiger charge is -2.27. The highest BCUT2D eigenvalue weighted by Gasteiger charge is 2.48. The molecule has 4 nitrogen and oxygen atoms in total. The molecule has 0 amide bonds. The summed E-state index contributed by atoms with van der Waals surface area (Å²) < 4.78 is 5.28. The number of halogens is 1. The molecular formula is C24H25BrNO3P. The summed E-state index contributed by atoms with van der Waals surface area (Å²) in [6, 6.07) is 31.0. The maximum atomic E-state index is 12.7. The zero-order valence-corrected chi connectivity index (χ0v) is 19.6. The highest BCUT2D eigenvalue weighted by molar-refractivity contribution is 7.96. The van der Waals surface area contributed by atoms with Crippen molar-refractivity contribution in [1.29, 1.82) is 0 Å². The highest BCUT2D eigenvalue weighted by atomic mass is 79.9. The fourth-order valence-corrected chi connectivity index (χ4v) is 7.57. The maximum Gasteiger partial charge on any atom is 0.360 e. The van der Waals surface area contributed by atoms with Crippen molar-refractivity contribution in [3.8, 4) is 0 Å². The molecule has 6 heteroatoms. The number of carbonyl (C=O) groups excluding carboxylic acids is 1. The van der Waals surface area contributed by atoms with Gasteiger partial charge in [0.05, 0.1) is 6.61 Å². The van der Waals surface area contributed by atoms with Gasteiger partial charge in [0.2, 0.25) is 5.71 Å². The lowest BCUT2D eigenvalue weighted by molar-refractivity contribution is -0.135. The second-order valence-electron chi connectivity index (χ2n) is 6.42. The summed E-state index contributed by atoms with van der Waals surface area (Å²) in [5, 5.41) is 7.59. The zero-order valence-electron chi connectivity index (χ0n) is 17.1. The summed E-state index contributed by atoms with van der Waals surface area (Å²) in [6.07, 6.45) is 0.414. The molecule has 0 unspecified atom stereocenters. The Hall–Kier alpha value is -2.49. The van der Waals surface area contributed by atoms with Crippen LogP contribution in [0.4, 0.5) is 0 Å². The van der Waals surface area contributed by atoms with Crippen LogP contribution in [0.25, 0.3) is 0 Å². The first-order valence-electron chi connectivity index (χ1n) is 9.54. The molecule has 0 spiro atoms. The van der Waals surface area contributed by atoms with Gasteiger partial charge in [-0.1, -0.05) is 59.8 Å². The van der Waals surface area contributed by atoms with Crippen LogP contribution in [-0.2, 0) is 14.4 Å². The maximum absolute atomic E-state index is 12.7.